The van der Waals surface area contributed by atoms with Crippen LogP contribution in [0.25, 0.3) is 0 Å². The summed E-state index contributed by atoms with van der Waals surface area (Å²) in [6, 6.07) is 10.1. The van der Waals surface area contributed by atoms with Gasteiger partial charge in [0.05, 0.1) is 16.2 Å². The highest BCUT2D eigenvalue weighted by molar-refractivity contribution is 6.32. The van der Waals surface area contributed by atoms with Crippen LogP contribution in [0.1, 0.15) is 5.56 Å². The van der Waals surface area contributed by atoms with Gasteiger partial charge in [-0.1, -0.05) is 23.7 Å². The third-order valence-electron chi connectivity index (χ3n) is 2.81. The molecule has 0 saturated carbocycles. The SMILES string of the molecule is O=C(COc1ccccc1Cl)N/N=C/c1cc([N+](=O)[O-])ccc1O. The minimum Gasteiger partial charge on any atom is -0.507 e. The number of nitro benzene ring substituents is 1. The molecule has 0 aliphatic carbocycles. The first-order valence-electron chi connectivity index (χ1n) is 6.64. The maximum atomic E-state index is 11.6. The van der Waals surface area contributed by atoms with Crippen molar-refractivity contribution in [2.45, 2.75) is 0 Å². The normalized spacial score (nSPS) is 10.5. The molecule has 8 nitrogen and oxygen atoms in total. The minimum atomic E-state index is -0.604. The maximum absolute atomic E-state index is 11.6. The lowest BCUT2D eigenvalue weighted by molar-refractivity contribution is -0.384. The number of nitro groups is 1. The van der Waals surface area contributed by atoms with Crippen LogP contribution in [0.15, 0.2) is 47.6 Å². The minimum absolute atomic E-state index is 0.0940. The number of phenols is 1. The summed E-state index contributed by atoms with van der Waals surface area (Å²) in [5, 5.41) is 24.3. The lowest BCUT2D eigenvalue weighted by Crippen LogP contribution is -2.24. The van der Waals surface area contributed by atoms with Gasteiger partial charge in [0.25, 0.3) is 11.6 Å². The van der Waals surface area contributed by atoms with Crippen molar-refractivity contribution in [3.8, 4) is 11.5 Å². The maximum Gasteiger partial charge on any atom is 0.277 e. The van der Waals surface area contributed by atoms with Crippen LogP contribution in [0.5, 0.6) is 11.5 Å². The van der Waals surface area contributed by atoms with Crippen molar-refractivity contribution in [1.82, 2.24) is 5.43 Å². The van der Waals surface area contributed by atoms with Gasteiger partial charge in [-0.3, -0.25) is 14.9 Å². The first-order chi connectivity index (χ1) is 11.5. The number of ether oxygens (including phenoxy) is 1. The van der Waals surface area contributed by atoms with Crippen LogP contribution < -0.4 is 10.2 Å². The fraction of sp³-hybridized carbons (Fsp3) is 0.0667. The number of nitrogens with one attached hydrogen (secondary N) is 1. The molecule has 0 aromatic heterocycles. The second kappa shape index (κ2) is 7.93. The highest BCUT2D eigenvalue weighted by Gasteiger charge is 2.09. The van der Waals surface area contributed by atoms with Crippen molar-refractivity contribution in [1.29, 1.82) is 0 Å². The molecule has 0 bridgehead atoms. The van der Waals surface area contributed by atoms with E-state index in [0.717, 1.165) is 18.3 Å². The average Bonchev–Trinajstić information content (AvgIpc) is 2.55. The van der Waals surface area contributed by atoms with Crippen LogP contribution in [0, 0.1) is 10.1 Å². The van der Waals surface area contributed by atoms with Crippen molar-refractivity contribution in [3.63, 3.8) is 0 Å². The van der Waals surface area contributed by atoms with E-state index in [2.05, 4.69) is 10.5 Å². The first-order valence-corrected chi connectivity index (χ1v) is 7.02. The Morgan fingerprint density at radius 2 is 2.12 bits per heavy atom. The molecule has 0 unspecified atom stereocenters. The Labute approximate surface area is 141 Å². The van der Waals surface area contributed by atoms with Crippen molar-refractivity contribution in [2.75, 3.05) is 6.61 Å². The van der Waals surface area contributed by atoms with Gasteiger partial charge >= 0.3 is 0 Å². The third kappa shape index (κ3) is 4.68. The van der Waals surface area contributed by atoms with Crippen molar-refractivity contribution in [2.24, 2.45) is 5.10 Å². The molecule has 0 aliphatic heterocycles. The van der Waals surface area contributed by atoms with E-state index in [1.54, 1.807) is 24.3 Å². The fourth-order valence-corrected chi connectivity index (χ4v) is 1.86. The predicted octanol–water partition coefficient (Wildman–Crippen LogP) is 2.48. The van der Waals surface area contributed by atoms with E-state index >= 15 is 0 Å². The van der Waals surface area contributed by atoms with Gasteiger partial charge in [0, 0.05) is 17.7 Å². The summed E-state index contributed by atoms with van der Waals surface area (Å²) in [6.45, 7) is -0.317. The molecular formula is C15H12ClN3O5. The number of rotatable bonds is 6. The Balaban J connectivity index is 1.92. The number of benzene rings is 2. The van der Waals surface area contributed by atoms with Gasteiger partial charge in [0.2, 0.25) is 0 Å². The number of carbonyl (C=O) groups is 1. The van der Waals surface area contributed by atoms with E-state index in [1.807, 2.05) is 0 Å². The fourth-order valence-electron chi connectivity index (χ4n) is 1.67. The molecule has 2 rings (SSSR count). The summed E-state index contributed by atoms with van der Waals surface area (Å²) >= 11 is 5.88. The number of para-hydroxylation sites is 1. The third-order valence-corrected chi connectivity index (χ3v) is 3.12. The molecule has 1 amide bonds. The first kappa shape index (κ1) is 17.2. The molecule has 9 heteroatoms. The largest absolute Gasteiger partial charge is 0.507 e. The van der Waals surface area contributed by atoms with Crippen LogP contribution in [0.2, 0.25) is 5.02 Å². The number of nitrogens with zero attached hydrogens (tertiary/aromatic N) is 2. The summed E-state index contributed by atoms with van der Waals surface area (Å²) in [5.74, 6) is -0.406. The summed E-state index contributed by atoms with van der Waals surface area (Å²) in [7, 11) is 0. The number of hydrogen-bond acceptors (Lipinski definition) is 6. The highest BCUT2D eigenvalue weighted by atomic mass is 35.5. The molecular weight excluding hydrogens is 338 g/mol. The molecule has 0 radical (unpaired) electrons. The second-order valence-electron chi connectivity index (χ2n) is 4.51. The summed E-state index contributed by atoms with van der Waals surface area (Å²) < 4.78 is 5.22. The van der Waals surface area contributed by atoms with Gasteiger partial charge in [-0.25, -0.2) is 5.43 Å². The molecule has 0 fully saturated rings. The number of halogens is 1. The zero-order chi connectivity index (χ0) is 17.5. The van der Waals surface area contributed by atoms with Crippen LogP contribution in [-0.2, 0) is 4.79 Å². The molecule has 0 saturated heterocycles. The molecule has 2 aromatic carbocycles. The Morgan fingerprint density at radius 1 is 1.38 bits per heavy atom. The standard InChI is InChI=1S/C15H12ClN3O5/c16-12-3-1-2-4-14(12)24-9-15(21)18-17-8-10-7-11(19(22)23)5-6-13(10)20/h1-8,20H,9H2,(H,18,21)/b17-8+. The number of phenolic OH excluding ortho intramolecular Hbond substituents is 1. The van der Waals surface area contributed by atoms with E-state index < -0.39 is 10.8 Å². The number of carbonyl (C=O) groups excluding carboxylic acids is 1. The van der Waals surface area contributed by atoms with Crippen LogP contribution in [0.4, 0.5) is 5.69 Å². The second-order valence-corrected chi connectivity index (χ2v) is 4.92. The molecule has 0 spiro atoms. The van der Waals surface area contributed by atoms with E-state index in [0.29, 0.717) is 10.8 Å². The smallest absolute Gasteiger partial charge is 0.277 e. The van der Waals surface area contributed by atoms with Crippen molar-refractivity contribution in [3.05, 3.63) is 63.2 Å². The molecule has 2 aromatic rings. The van der Waals surface area contributed by atoms with Crippen molar-refractivity contribution >= 4 is 29.4 Å². The molecule has 0 aliphatic rings. The van der Waals surface area contributed by atoms with Crippen molar-refractivity contribution < 1.29 is 19.6 Å². The summed E-state index contributed by atoms with van der Waals surface area (Å²) in [6.07, 6.45) is 1.09. The Kier molecular flexibility index (Phi) is 5.69. The van der Waals surface area contributed by atoms with Gasteiger partial charge < -0.3 is 9.84 Å². The Bertz CT molecular complexity index is 794. The van der Waals surface area contributed by atoms with E-state index in [4.69, 9.17) is 16.3 Å². The van der Waals surface area contributed by atoms with Crippen LogP contribution in [-0.4, -0.2) is 28.8 Å². The summed E-state index contributed by atoms with van der Waals surface area (Å²) in [5.41, 5.74) is 2.07. The average molecular weight is 350 g/mol. The van der Waals surface area contributed by atoms with Gasteiger partial charge in [-0.2, -0.15) is 5.10 Å². The Morgan fingerprint density at radius 3 is 2.83 bits per heavy atom. The van der Waals surface area contributed by atoms with E-state index in [9.17, 15) is 20.0 Å². The van der Waals surface area contributed by atoms with Gasteiger partial charge in [-0.15, -0.1) is 0 Å². The lowest BCUT2D eigenvalue weighted by atomic mass is 10.2. The number of non-ortho nitro benzene ring substituents is 1. The van der Waals surface area contributed by atoms with Crippen LogP contribution in [0.3, 0.4) is 0 Å². The summed E-state index contributed by atoms with van der Waals surface area (Å²) in [4.78, 5) is 21.7. The zero-order valence-corrected chi connectivity index (χ0v) is 12.9. The van der Waals surface area contributed by atoms with E-state index in [-0.39, 0.29) is 23.6 Å². The van der Waals surface area contributed by atoms with E-state index in [1.165, 1.54) is 6.07 Å². The molecule has 2 N–H and O–H groups in total. The highest BCUT2D eigenvalue weighted by Crippen LogP contribution is 2.23. The van der Waals surface area contributed by atoms with Gasteiger partial charge in [0.1, 0.15) is 11.5 Å². The quantitative estimate of drug-likeness (QED) is 0.472. The predicted molar refractivity (Wildman–Crippen MR) is 87.4 cm³/mol. The molecule has 24 heavy (non-hydrogen) atoms. The molecule has 124 valence electrons. The molecule has 0 heterocycles. The zero-order valence-electron chi connectivity index (χ0n) is 12.2. The van der Waals surface area contributed by atoms with Gasteiger partial charge in [0.15, 0.2) is 6.61 Å². The number of aromatic hydroxyl groups is 1. The monoisotopic (exact) mass is 349 g/mol. The van der Waals surface area contributed by atoms with Gasteiger partial charge in [-0.05, 0) is 18.2 Å². The topological polar surface area (TPSA) is 114 Å². The van der Waals surface area contributed by atoms with Crippen LogP contribution >= 0.6 is 11.6 Å². The number of hydrazone groups is 1. The lowest BCUT2D eigenvalue weighted by Gasteiger charge is -2.06. The number of amides is 1. The number of hydrogen-bond donors (Lipinski definition) is 2. The molecule has 0 atom stereocenters. The Hall–Kier alpha value is -3.13.